The second-order valence-electron chi connectivity index (χ2n) is 8.37. The minimum absolute atomic E-state index is 0.367. The molecule has 2 N–H and O–H groups in total. The molecule has 6 heteroatoms. The summed E-state index contributed by atoms with van der Waals surface area (Å²) in [7, 11) is 0. The van der Waals surface area contributed by atoms with Gasteiger partial charge in [-0.3, -0.25) is 14.8 Å². The first-order valence-corrected chi connectivity index (χ1v) is 10.9. The first-order valence-electron chi connectivity index (χ1n) is 10.9. The highest BCUT2D eigenvalue weighted by Crippen LogP contribution is 2.39. The van der Waals surface area contributed by atoms with E-state index in [1.54, 1.807) is 12.1 Å². The average molecular weight is 424 g/mol. The highest BCUT2D eigenvalue weighted by atomic mass is 16.1. The zero-order chi connectivity index (χ0) is 22.2. The van der Waals surface area contributed by atoms with Gasteiger partial charge in [-0.1, -0.05) is 18.2 Å². The van der Waals surface area contributed by atoms with Gasteiger partial charge in [-0.05, 0) is 63.1 Å². The quantitative estimate of drug-likeness (QED) is 0.502. The number of aryl methyl sites for hydroxylation is 2. The molecule has 3 aromatic heterocycles. The van der Waals surface area contributed by atoms with Crippen molar-refractivity contribution < 1.29 is 4.79 Å². The van der Waals surface area contributed by atoms with Crippen molar-refractivity contribution in [2.75, 3.05) is 0 Å². The third-order valence-electron chi connectivity index (χ3n) is 6.08. The maximum atomic E-state index is 11.4. The third-order valence-corrected chi connectivity index (χ3v) is 6.08. The SMILES string of the molecule is Cc1cccc(-c2nc3n(c2-c2ccnc(-c4ccc(C(N)=O)cc4)c2)[C@H](C)CCC3)n1. The highest BCUT2D eigenvalue weighted by Gasteiger charge is 2.26. The van der Waals surface area contributed by atoms with Crippen LogP contribution in [0.3, 0.4) is 0 Å². The molecule has 4 heterocycles. The maximum absolute atomic E-state index is 11.4. The number of imidazole rings is 1. The van der Waals surface area contributed by atoms with Crippen LogP contribution < -0.4 is 5.73 Å². The van der Waals surface area contributed by atoms with E-state index in [2.05, 4.69) is 22.5 Å². The smallest absolute Gasteiger partial charge is 0.248 e. The molecule has 1 aromatic carbocycles. The van der Waals surface area contributed by atoms with Crippen LogP contribution in [0, 0.1) is 6.92 Å². The Balaban J connectivity index is 1.67. The van der Waals surface area contributed by atoms with Gasteiger partial charge >= 0.3 is 0 Å². The Labute approximate surface area is 187 Å². The van der Waals surface area contributed by atoms with Gasteiger partial charge in [-0.25, -0.2) is 4.98 Å². The van der Waals surface area contributed by atoms with Crippen LogP contribution in [0.25, 0.3) is 33.9 Å². The Kier molecular flexibility index (Phi) is 5.05. The van der Waals surface area contributed by atoms with Gasteiger partial charge < -0.3 is 10.3 Å². The van der Waals surface area contributed by atoms with Crippen molar-refractivity contribution in [1.29, 1.82) is 0 Å². The maximum Gasteiger partial charge on any atom is 0.248 e. The number of primary amides is 1. The van der Waals surface area contributed by atoms with E-state index in [4.69, 9.17) is 15.7 Å². The fraction of sp³-hybridized carbons (Fsp3) is 0.231. The van der Waals surface area contributed by atoms with E-state index in [1.165, 1.54) is 0 Å². The Bertz CT molecular complexity index is 1310. The number of nitrogens with zero attached hydrogens (tertiary/aromatic N) is 4. The average Bonchev–Trinajstić information content (AvgIpc) is 3.20. The number of hydrogen-bond acceptors (Lipinski definition) is 4. The fourth-order valence-corrected chi connectivity index (χ4v) is 4.49. The number of hydrogen-bond donors (Lipinski definition) is 1. The summed E-state index contributed by atoms with van der Waals surface area (Å²) in [6, 6.07) is 17.8. The minimum Gasteiger partial charge on any atom is -0.366 e. The number of benzene rings is 1. The van der Waals surface area contributed by atoms with Crippen molar-refractivity contribution in [1.82, 2.24) is 19.5 Å². The first-order chi connectivity index (χ1) is 15.5. The monoisotopic (exact) mass is 423 g/mol. The van der Waals surface area contributed by atoms with E-state index in [0.717, 1.165) is 64.7 Å². The summed E-state index contributed by atoms with van der Waals surface area (Å²) < 4.78 is 2.37. The summed E-state index contributed by atoms with van der Waals surface area (Å²) in [5, 5.41) is 0. The lowest BCUT2D eigenvalue weighted by Gasteiger charge is -2.24. The van der Waals surface area contributed by atoms with Crippen LogP contribution in [-0.4, -0.2) is 25.4 Å². The summed E-state index contributed by atoms with van der Waals surface area (Å²) in [6.45, 7) is 4.26. The number of amides is 1. The van der Waals surface area contributed by atoms with E-state index in [1.807, 2.05) is 49.5 Å². The summed E-state index contributed by atoms with van der Waals surface area (Å²) in [5.41, 5.74) is 12.5. The van der Waals surface area contributed by atoms with Crippen molar-refractivity contribution in [3.05, 3.63) is 77.9 Å². The summed E-state index contributed by atoms with van der Waals surface area (Å²) >= 11 is 0. The number of aromatic nitrogens is 4. The molecular formula is C26H25N5O. The number of carbonyl (C=O) groups excluding carboxylic acids is 1. The molecule has 4 aromatic rings. The fourth-order valence-electron chi connectivity index (χ4n) is 4.49. The van der Waals surface area contributed by atoms with Gasteiger partial charge in [0.15, 0.2) is 0 Å². The van der Waals surface area contributed by atoms with Crippen molar-refractivity contribution in [2.45, 2.75) is 39.2 Å². The predicted octanol–water partition coefficient (Wildman–Crippen LogP) is 4.98. The summed E-state index contributed by atoms with van der Waals surface area (Å²) in [5.74, 6) is 0.676. The van der Waals surface area contributed by atoms with Gasteiger partial charge in [0, 0.05) is 41.0 Å². The Morgan fingerprint density at radius 1 is 1.03 bits per heavy atom. The van der Waals surface area contributed by atoms with Crippen LogP contribution in [-0.2, 0) is 6.42 Å². The molecule has 1 aliphatic heterocycles. The largest absolute Gasteiger partial charge is 0.366 e. The molecule has 0 radical (unpaired) electrons. The lowest BCUT2D eigenvalue weighted by atomic mass is 10.0. The van der Waals surface area contributed by atoms with Crippen molar-refractivity contribution in [3.63, 3.8) is 0 Å². The topological polar surface area (TPSA) is 86.7 Å². The molecular weight excluding hydrogens is 398 g/mol. The first kappa shape index (κ1) is 20.1. The molecule has 1 aliphatic rings. The van der Waals surface area contributed by atoms with Crippen LogP contribution in [0.15, 0.2) is 60.8 Å². The molecule has 0 spiro atoms. The second kappa shape index (κ2) is 8.04. The molecule has 0 saturated heterocycles. The molecule has 0 unspecified atom stereocenters. The molecule has 0 saturated carbocycles. The van der Waals surface area contributed by atoms with Gasteiger partial charge in [0.25, 0.3) is 0 Å². The zero-order valence-corrected chi connectivity index (χ0v) is 18.2. The van der Waals surface area contributed by atoms with Gasteiger partial charge in [0.1, 0.15) is 11.5 Å². The van der Waals surface area contributed by atoms with Crippen LogP contribution in [0.4, 0.5) is 0 Å². The van der Waals surface area contributed by atoms with E-state index >= 15 is 0 Å². The normalized spacial score (nSPS) is 15.4. The molecule has 6 nitrogen and oxygen atoms in total. The van der Waals surface area contributed by atoms with Gasteiger partial charge in [-0.2, -0.15) is 0 Å². The highest BCUT2D eigenvalue weighted by molar-refractivity contribution is 5.93. The molecule has 5 rings (SSSR count). The summed E-state index contributed by atoms with van der Waals surface area (Å²) in [6.07, 6.45) is 5.07. The number of nitrogens with two attached hydrogens (primary N) is 1. The number of pyridine rings is 2. The van der Waals surface area contributed by atoms with Crippen molar-refractivity contribution in [2.24, 2.45) is 5.73 Å². The van der Waals surface area contributed by atoms with E-state index < -0.39 is 5.91 Å². The zero-order valence-electron chi connectivity index (χ0n) is 18.2. The van der Waals surface area contributed by atoms with Gasteiger partial charge in [0.05, 0.1) is 17.1 Å². The third kappa shape index (κ3) is 3.58. The molecule has 32 heavy (non-hydrogen) atoms. The molecule has 0 fully saturated rings. The van der Waals surface area contributed by atoms with Crippen molar-refractivity contribution in [3.8, 4) is 33.9 Å². The van der Waals surface area contributed by atoms with E-state index in [-0.39, 0.29) is 0 Å². The van der Waals surface area contributed by atoms with Crippen LogP contribution in [0.1, 0.15) is 47.7 Å². The van der Waals surface area contributed by atoms with Crippen LogP contribution in [0.2, 0.25) is 0 Å². The number of fused-ring (bicyclic) bond motifs is 1. The number of rotatable bonds is 4. The lowest BCUT2D eigenvalue weighted by Crippen LogP contribution is -2.16. The molecule has 0 aliphatic carbocycles. The Morgan fingerprint density at radius 3 is 2.59 bits per heavy atom. The van der Waals surface area contributed by atoms with E-state index in [0.29, 0.717) is 11.6 Å². The predicted molar refractivity (Wildman–Crippen MR) is 125 cm³/mol. The van der Waals surface area contributed by atoms with Gasteiger partial charge in [-0.15, -0.1) is 0 Å². The molecule has 0 bridgehead atoms. The standard InChI is InChI=1S/C26H25N5O/c1-16-5-3-7-21(29-16)24-25(31-17(2)6-4-8-23(31)30-24)20-13-14-28-22(15-20)18-9-11-19(12-10-18)26(27)32/h3,5,7,9-15,17H,4,6,8H2,1-2H3,(H2,27,32)/t17-/m1/s1. The second-order valence-corrected chi connectivity index (χ2v) is 8.37. The van der Waals surface area contributed by atoms with Crippen LogP contribution in [0.5, 0.6) is 0 Å². The molecule has 1 amide bonds. The number of carbonyl (C=O) groups is 1. The van der Waals surface area contributed by atoms with Crippen LogP contribution >= 0.6 is 0 Å². The van der Waals surface area contributed by atoms with Gasteiger partial charge in [0.2, 0.25) is 5.91 Å². The van der Waals surface area contributed by atoms with E-state index in [9.17, 15) is 4.79 Å². The molecule has 160 valence electrons. The lowest BCUT2D eigenvalue weighted by molar-refractivity contribution is 0.100. The molecule has 1 atom stereocenters. The summed E-state index contributed by atoms with van der Waals surface area (Å²) in [4.78, 5) is 25.8. The minimum atomic E-state index is -0.437. The van der Waals surface area contributed by atoms with Crippen molar-refractivity contribution >= 4 is 5.91 Å². The Morgan fingerprint density at radius 2 is 1.84 bits per heavy atom. The Hall–Kier alpha value is -3.80.